The van der Waals surface area contributed by atoms with Crippen LogP contribution in [0, 0.1) is 6.57 Å². The van der Waals surface area contributed by atoms with E-state index in [4.69, 9.17) is 30.9 Å². The van der Waals surface area contributed by atoms with Crippen LogP contribution in [-0.4, -0.2) is 19.9 Å². The predicted octanol–water partition coefficient (Wildman–Crippen LogP) is 16.3. The number of rotatable bonds is 6. The molecular weight excluding hydrogens is 819 g/mol. The Kier molecular flexibility index (Phi) is 8.80. The maximum Gasteiger partial charge on any atom is 0.187 e. The lowest BCUT2D eigenvalue weighted by molar-refractivity contribution is 0.669. The van der Waals surface area contributed by atoms with Gasteiger partial charge in [0, 0.05) is 44.6 Å². The van der Waals surface area contributed by atoms with Crippen LogP contribution in [0.5, 0.6) is 0 Å². The SMILES string of the molecule is [C-]#[N+]c1ccc(-c2cc3c4cccnc4c(-c4ccc(-c5cccc(-c6nc(-c7ccccc7)nc(-c7ccc8oc9ccccc9c8c7)n6)c5)c5ccccc45)cc3c3ccccc23)cc1. The first-order valence-corrected chi connectivity index (χ1v) is 22.2. The molecule has 3 heterocycles. The van der Waals surface area contributed by atoms with Crippen molar-refractivity contribution in [2.24, 2.45) is 0 Å². The van der Waals surface area contributed by atoms with Crippen LogP contribution in [0.25, 0.3) is 138 Å². The minimum absolute atomic E-state index is 0.590. The van der Waals surface area contributed by atoms with E-state index in [1.165, 1.54) is 5.39 Å². The average Bonchev–Trinajstić information content (AvgIpc) is 3.78. The van der Waals surface area contributed by atoms with Crippen LogP contribution in [0.1, 0.15) is 0 Å². The fourth-order valence-electron chi connectivity index (χ4n) is 9.81. The molecule has 0 aliphatic carbocycles. The molecule has 13 rings (SSSR count). The van der Waals surface area contributed by atoms with Gasteiger partial charge < -0.3 is 4.42 Å². The first-order chi connectivity index (χ1) is 33.1. The zero-order valence-electron chi connectivity index (χ0n) is 35.9. The molecule has 10 aromatic carbocycles. The first kappa shape index (κ1) is 38.2. The number of hydrogen-bond acceptors (Lipinski definition) is 5. The molecule has 0 aliphatic heterocycles. The molecule has 3 aromatic heterocycles. The molecule has 0 bridgehead atoms. The Morgan fingerprint density at radius 2 is 0.881 bits per heavy atom. The van der Waals surface area contributed by atoms with Gasteiger partial charge >= 0.3 is 0 Å². The van der Waals surface area contributed by atoms with Crippen LogP contribution in [0.3, 0.4) is 0 Å². The smallest absolute Gasteiger partial charge is 0.187 e. The number of furan rings is 1. The molecule has 0 spiro atoms. The molecule has 0 aliphatic rings. The third-order valence-electron chi connectivity index (χ3n) is 13.0. The molecule has 6 nitrogen and oxygen atoms in total. The molecule has 0 atom stereocenters. The Balaban J connectivity index is 0.956. The number of pyridine rings is 1. The van der Waals surface area contributed by atoms with Crippen molar-refractivity contribution in [1.82, 2.24) is 19.9 Å². The van der Waals surface area contributed by atoms with Crippen molar-refractivity contribution in [2.45, 2.75) is 0 Å². The summed E-state index contributed by atoms with van der Waals surface area (Å²) in [5, 5.41) is 10.1. The molecule has 0 radical (unpaired) electrons. The molecule has 0 saturated carbocycles. The summed E-state index contributed by atoms with van der Waals surface area (Å²) in [6.45, 7) is 7.49. The van der Waals surface area contributed by atoms with Crippen LogP contribution < -0.4 is 0 Å². The van der Waals surface area contributed by atoms with Crippen molar-refractivity contribution in [3.05, 3.63) is 224 Å². The van der Waals surface area contributed by atoms with Crippen molar-refractivity contribution in [3.8, 4) is 67.5 Å². The number of fused-ring (bicyclic) bond motifs is 9. The molecular formula is C61H35N5O. The molecule has 0 saturated heterocycles. The van der Waals surface area contributed by atoms with Gasteiger partial charge in [-0.05, 0) is 109 Å². The largest absolute Gasteiger partial charge is 0.456 e. The molecule has 310 valence electrons. The van der Waals surface area contributed by atoms with E-state index in [1.807, 2.05) is 97.2 Å². The fraction of sp³-hybridized carbons (Fsp3) is 0. The van der Waals surface area contributed by atoms with Crippen molar-refractivity contribution in [1.29, 1.82) is 0 Å². The molecule has 6 heteroatoms. The van der Waals surface area contributed by atoms with Gasteiger partial charge in [-0.25, -0.2) is 19.8 Å². The van der Waals surface area contributed by atoms with Crippen LogP contribution in [0.2, 0.25) is 0 Å². The Bertz CT molecular complexity index is 4170. The molecule has 0 fully saturated rings. The Morgan fingerprint density at radius 3 is 1.66 bits per heavy atom. The fourth-order valence-corrected chi connectivity index (χ4v) is 9.81. The second kappa shape index (κ2) is 15.4. The van der Waals surface area contributed by atoms with E-state index in [2.05, 4.69) is 120 Å². The highest BCUT2D eigenvalue weighted by atomic mass is 16.3. The minimum Gasteiger partial charge on any atom is -0.456 e. The predicted molar refractivity (Wildman–Crippen MR) is 274 cm³/mol. The Labute approximate surface area is 385 Å². The number of hydrogen-bond donors (Lipinski definition) is 0. The second-order valence-electron chi connectivity index (χ2n) is 16.8. The highest BCUT2D eigenvalue weighted by Gasteiger charge is 2.19. The summed E-state index contributed by atoms with van der Waals surface area (Å²) < 4.78 is 6.16. The van der Waals surface area contributed by atoms with E-state index in [0.717, 1.165) is 110 Å². The van der Waals surface area contributed by atoms with Gasteiger partial charge in [0.15, 0.2) is 23.2 Å². The molecule has 0 amide bonds. The lowest BCUT2D eigenvalue weighted by Crippen LogP contribution is -2.00. The van der Waals surface area contributed by atoms with E-state index >= 15 is 0 Å². The monoisotopic (exact) mass is 853 g/mol. The van der Waals surface area contributed by atoms with E-state index in [-0.39, 0.29) is 0 Å². The van der Waals surface area contributed by atoms with E-state index in [0.29, 0.717) is 23.2 Å². The van der Waals surface area contributed by atoms with Crippen LogP contribution in [-0.2, 0) is 0 Å². The second-order valence-corrected chi connectivity index (χ2v) is 16.8. The van der Waals surface area contributed by atoms with Crippen LogP contribution >= 0.6 is 0 Å². The summed E-state index contributed by atoms with van der Waals surface area (Å²) in [7, 11) is 0. The molecule has 67 heavy (non-hydrogen) atoms. The number of nitrogens with zero attached hydrogens (tertiary/aromatic N) is 5. The lowest BCUT2D eigenvalue weighted by Gasteiger charge is -2.17. The summed E-state index contributed by atoms with van der Waals surface area (Å²) in [4.78, 5) is 24.0. The highest BCUT2D eigenvalue weighted by Crippen LogP contribution is 2.44. The molecule has 0 unspecified atom stereocenters. The summed E-state index contributed by atoms with van der Waals surface area (Å²) >= 11 is 0. The van der Waals surface area contributed by atoms with Gasteiger partial charge in [-0.3, -0.25) is 4.98 Å². The van der Waals surface area contributed by atoms with Gasteiger partial charge in [-0.2, -0.15) is 0 Å². The lowest BCUT2D eigenvalue weighted by atomic mass is 9.87. The standard InChI is InChI=1S/C61H35N5O/c1-62-42-27-24-37(25-28-42)51-35-53-50-22-12-32-63-58(50)55(36-52(53)47-20-8-7-19-46(47)51)48-30-29-43(44-17-5-6-18-45(44)48)39-15-11-16-40(33-39)60-64-59(38-13-3-2-4-14-38)65-61(66-60)41-26-31-57-54(34-41)49-21-9-10-23-56(49)67-57/h2-36H. The molecule has 0 N–H and O–H groups in total. The third-order valence-corrected chi connectivity index (χ3v) is 13.0. The third kappa shape index (κ3) is 6.41. The summed E-state index contributed by atoms with van der Waals surface area (Å²) in [6, 6.07) is 71.3. The molecule has 13 aromatic rings. The van der Waals surface area contributed by atoms with Gasteiger partial charge in [-0.1, -0.05) is 158 Å². The summed E-state index contributed by atoms with van der Waals surface area (Å²) in [5.74, 6) is 1.79. The number of aromatic nitrogens is 4. The zero-order chi connectivity index (χ0) is 44.4. The van der Waals surface area contributed by atoms with Gasteiger partial charge in [0.1, 0.15) is 11.2 Å². The van der Waals surface area contributed by atoms with Gasteiger partial charge in [0.2, 0.25) is 0 Å². The van der Waals surface area contributed by atoms with Crippen molar-refractivity contribution in [3.63, 3.8) is 0 Å². The van der Waals surface area contributed by atoms with Crippen molar-refractivity contribution >= 4 is 70.8 Å². The van der Waals surface area contributed by atoms with Crippen molar-refractivity contribution < 1.29 is 4.42 Å². The quantitative estimate of drug-likeness (QED) is 0.123. The van der Waals surface area contributed by atoms with Crippen LogP contribution in [0.4, 0.5) is 5.69 Å². The Hall–Kier alpha value is -9.31. The maximum absolute atomic E-state index is 7.49. The van der Waals surface area contributed by atoms with Gasteiger partial charge in [0.25, 0.3) is 0 Å². The van der Waals surface area contributed by atoms with Gasteiger partial charge in [0.05, 0.1) is 12.1 Å². The topological polar surface area (TPSA) is 69.1 Å². The average molecular weight is 854 g/mol. The maximum atomic E-state index is 7.49. The number of para-hydroxylation sites is 1. The summed E-state index contributed by atoms with van der Waals surface area (Å²) in [5.41, 5.74) is 12.5. The summed E-state index contributed by atoms with van der Waals surface area (Å²) in [6.07, 6.45) is 1.89. The number of benzene rings is 10. The zero-order valence-corrected chi connectivity index (χ0v) is 35.9. The van der Waals surface area contributed by atoms with Crippen LogP contribution in [0.15, 0.2) is 217 Å². The van der Waals surface area contributed by atoms with E-state index in [1.54, 1.807) is 0 Å². The highest BCUT2D eigenvalue weighted by molar-refractivity contribution is 6.24. The normalized spacial score (nSPS) is 11.6. The van der Waals surface area contributed by atoms with Gasteiger partial charge in [-0.15, -0.1) is 0 Å². The van der Waals surface area contributed by atoms with E-state index in [9.17, 15) is 0 Å². The Morgan fingerprint density at radius 1 is 0.328 bits per heavy atom. The first-order valence-electron chi connectivity index (χ1n) is 22.2. The van der Waals surface area contributed by atoms with Crippen molar-refractivity contribution in [2.75, 3.05) is 0 Å². The van der Waals surface area contributed by atoms with E-state index < -0.39 is 0 Å². The minimum atomic E-state index is 0.590.